The molecule has 0 spiro atoms. The second kappa shape index (κ2) is 5.07. The number of hydrazine groups is 1. The van der Waals surface area contributed by atoms with Crippen molar-refractivity contribution in [3.63, 3.8) is 0 Å². The summed E-state index contributed by atoms with van der Waals surface area (Å²) < 4.78 is 21.1. The number of carbonyl (C=O) groups excluding carboxylic acids is 1. The van der Waals surface area contributed by atoms with E-state index in [0.29, 0.717) is 0 Å². The van der Waals surface area contributed by atoms with Crippen molar-refractivity contribution in [1.29, 1.82) is 0 Å². The summed E-state index contributed by atoms with van der Waals surface area (Å²) in [5.74, 6) is -0.267. The van der Waals surface area contributed by atoms with E-state index in [2.05, 4.69) is 5.20 Å². The minimum absolute atomic E-state index is 0.267. The first kappa shape index (κ1) is 14.6. The predicted octanol–water partition coefficient (Wildman–Crippen LogP) is 1.54. The van der Waals surface area contributed by atoms with Crippen molar-refractivity contribution in [3.8, 4) is 0 Å². The van der Waals surface area contributed by atoms with E-state index in [4.69, 9.17) is 9.05 Å². The average molecular weight is 238 g/mol. The van der Waals surface area contributed by atoms with Gasteiger partial charge in [-0.15, -0.1) is 5.20 Å². The monoisotopic (exact) mass is 238 g/mol. The molecule has 1 N–H and O–H groups in total. The Kier molecular flexibility index (Phi) is 4.93. The molecule has 90 valence electrons. The number of amides is 1. The molecule has 0 aromatic heterocycles. The van der Waals surface area contributed by atoms with E-state index < -0.39 is 13.3 Å². The van der Waals surface area contributed by atoms with Crippen LogP contribution >= 0.6 is 7.75 Å². The summed E-state index contributed by atoms with van der Waals surface area (Å²) in [5, 5.41) is 3.69. The third-order valence-corrected chi connectivity index (χ3v) is 3.10. The van der Waals surface area contributed by atoms with Crippen molar-refractivity contribution >= 4 is 13.7 Å². The number of nitrogens with one attached hydrogen (secondary N) is 1. The van der Waals surface area contributed by atoms with E-state index in [1.54, 1.807) is 20.8 Å². The lowest BCUT2D eigenvalue weighted by Crippen LogP contribution is -2.51. The van der Waals surface area contributed by atoms with E-state index in [1.807, 2.05) is 0 Å². The SMILES string of the molecule is COP(=O)(NN(C(C)=O)C(C)(C)C)OC. The highest BCUT2D eigenvalue weighted by Crippen LogP contribution is 2.42. The van der Waals surface area contributed by atoms with Crippen molar-refractivity contribution in [2.24, 2.45) is 0 Å². The van der Waals surface area contributed by atoms with Crippen molar-refractivity contribution in [2.45, 2.75) is 33.2 Å². The molecule has 0 bridgehead atoms. The van der Waals surface area contributed by atoms with E-state index in [9.17, 15) is 9.36 Å². The number of hydrogen-bond acceptors (Lipinski definition) is 4. The fraction of sp³-hybridized carbons (Fsp3) is 0.875. The molecule has 0 heterocycles. The normalized spacial score (nSPS) is 12.7. The van der Waals surface area contributed by atoms with Crippen LogP contribution in [0.4, 0.5) is 0 Å². The number of nitrogens with zero attached hydrogens (tertiary/aromatic N) is 1. The fourth-order valence-corrected chi connectivity index (χ4v) is 1.97. The fourth-order valence-electron chi connectivity index (χ4n) is 0.971. The molecule has 0 fully saturated rings. The molecule has 0 aliphatic heterocycles. The van der Waals surface area contributed by atoms with E-state index in [-0.39, 0.29) is 5.91 Å². The van der Waals surface area contributed by atoms with Gasteiger partial charge >= 0.3 is 7.75 Å². The summed E-state index contributed by atoms with van der Waals surface area (Å²) in [4.78, 5) is 11.3. The lowest BCUT2D eigenvalue weighted by atomic mass is 10.1. The smallest absolute Gasteiger partial charge is 0.299 e. The molecular formula is C8H19N2O4P. The number of carbonyl (C=O) groups is 1. The molecule has 7 heteroatoms. The Morgan fingerprint density at radius 1 is 1.27 bits per heavy atom. The Bertz CT molecular complexity index is 266. The van der Waals surface area contributed by atoms with Gasteiger partial charge in [-0.3, -0.25) is 18.9 Å². The highest BCUT2D eigenvalue weighted by molar-refractivity contribution is 7.51. The van der Waals surface area contributed by atoms with Crippen LogP contribution in [0.5, 0.6) is 0 Å². The van der Waals surface area contributed by atoms with Crippen LogP contribution in [0.15, 0.2) is 0 Å². The topological polar surface area (TPSA) is 67.9 Å². The van der Waals surface area contributed by atoms with Crippen LogP contribution in [-0.4, -0.2) is 30.7 Å². The first-order valence-corrected chi connectivity index (χ1v) is 6.01. The van der Waals surface area contributed by atoms with Crippen LogP contribution in [0.1, 0.15) is 27.7 Å². The lowest BCUT2D eigenvalue weighted by molar-refractivity contribution is -0.136. The molecule has 0 saturated carbocycles. The Morgan fingerprint density at radius 3 is 1.87 bits per heavy atom. The van der Waals surface area contributed by atoms with E-state index in [1.165, 1.54) is 26.2 Å². The Morgan fingerprint density at radius 2 is 1.67 bits per heavy atom. The first-order chi connectivity index (χ1) is 6.66. The second-order valence-corrected chi connectivity index (χ2v) is 5.91. The predicted molar refractivity (Wildman–Crippen MR) is 57.0 cm³/mol. The van der Waals surface area contributed by atoms with Crippen molar-refractivity contribution in [3.05, 3.63) is 0 Å². The summed E-state index contributed by atoms with van der Waals surface area (Å²) in [6.07, 6.45) is 0. The standard InChI is InChI=1S/C8H19N2O4P/c1-7(11)10(8(2,3)4)9-15(12,13-5)14-6/h1-6H3,(H,9,12). The molecule has 15 heavy (non-hydrogen) atoms. The molecule has 6 nitrogen and oxygen atoms in total. The zero-order chi connectivity index (χ0) is 12.3. The molecule has 0 atom stereocenters. The molecule has 0 rings (SSSR count). The number of rotatable bonds is 4. The maximum Gasteiger partial charge on any atom is 0.422 e. The Hall–Kier alpha value is -0.420. The summed E-state index contributed by atoms with van der Waals surface area (Å²) in [5.41, 5.74) is -0.515. The van der Waals surface area contributed by atoms with Gasteiger partial charge in [0.25, 0.3) is 0 Å². The Balaban J connectivity index is 4.85. The molecule has 0 aliphatic rings. The van der Waals surface area contributed by atoms with E-state index in [0.717, 1.165) is 0 Å². The van der Waals surface area contributed by atoms with Crippen LogP contribution in [0.25, 0.3) is 0 Å². The highest BCUT2D eigenvalue weighted by atomic mass is 31.2. The summed E-state index contributed by atoms with van der Waals surface area (Å²) >= 11 is 0. The average Bonchev–Trinajstić information content (AvgIpc) is 2.11. The first-order valence-electron chi connectivity index (χ1n) is 4.46. The van der Waals surface area contributed by atoms with Gasteiger partial charge in [0, 0.05) is 21.1 Å². The minimum Gasteiger partial charge on any atom is -0.299 e. The zero-order valence-corrected chi connectivity index (χ0v) is 10.9. The van der Waals surface area contributed by atoms with Gasteiger partial charge < -0.3 is 0 Å². The largest absolute Gasteiger partial charge is 0.422 e. The maximum absolute atomic E-state index is 11.8. The third kappa shape index (κ3) is 4.30. The lowest BCUT2D eigenvalue weighted by Gasteiger charge is -2.36. The molecule has 0 saturated heterocycles. The van der Waals surface area contributed by atoms with Gasteiger partial charge in [-0.25, -0.2) is 4.57 Å². The molecule has 1 amide bonds. The van der Waals surface area contributed by atoms with Crippen LogP contribution < -0.4 is 5.20 Å². The van der Waals surface area contributed by atoms with Gasteiger partial charge in [0.1, 0.15) is 0 Å². The molecule has 0 aromatic carbocycles. The molecule has 0 aromatic rings. The molecule has 0 radical (unpaired) electrons. The maximum atomic E-state index is 11.8. The van der Waals surface area contributed by atoms with Gasteiger partial charge in [0.05, 0.1) is 5.54 Å². The van der Waals surface area contributed by atoms with E-state index >= 15 is 0 Å². The van der Waals surface area contributed by atoms with Gasteiger partial charge in [0.2, 0.25) is 5.91 Å². The summed E-state index contributed by atoms with van der Waals surface area (Å²) in [7, 11) is -0.936. The van der Waals surface area contributed by atoms with Crippen LogP contribution in [0.2, 0.25) is 0 Å². The quantitative estimate of drug-likeness (QED) is 0.594. The zero-order valence-electron chi connectivity index (χ0n) is 10.0. The van der Waals surface area contributed by atoms with Crippen molar-refractivity contribution in [2.75, 3.05) is 14.2 Å². The van der Waals surface area contributed by atoms with Gasteiger partial charge in [-0.2, -0.15) is 0 Å². The highest BCUT2D eigenvalue weighted by Gasteiger charge is 2.32. The molecular weight excluding hydrogens is 219 g/mol. The Labute approximate surface area is 90.5 Å². The minimum atomic E-state index is -3.43. The van der Waals surface area contributed by atoms with Crippen molar-refractivity contribution in [1.82, 2.24) is 10.2 Å². The third-order valence-electron chi connectivity index (χ3n) is 1.69. The van der Waals surface area contributed by atoms with Crippen molar-refractivity contribution < 1.29 is 18.4 Å². The molecule has 0 unspecified atom stereocenters. The van der Waals surface area contributed by atoms with Crippen LogP contribution in [-0.2, 0) is 18.4 Å². The molecule has 0 aliphatic carbocycles. The summed E-state index contributed by atoms with van der Waals surface area (Å²) in [6.45, 7) is 6.78. The second-order valence-electron chi connectivity index (χ2n) is 3.99. The van der Waals surface area contributed by atoms with Crippen LogP contribution in [0, 0.1) is 0 Å². The van der Waals surface area contributed by atoms with Gasteiger partial charge in [-0.1, -0.05) is 0 Å². The van der Waals surface area contributed by atoms with Crippen LogP contribution in [0.3, 0.4) is 0 Å². The number of hydrogen-bond donors (Lipinski definition) is 1. The van der Waals surface area contributed by atoms with Gasteiger partial charge in [-0.05, 0) is 20.8 Å². The summed E-state index contributed by atoms with van der Waals surface area (Å²) in [6, 6.07) is 0. The van der Waals surface area contributed by atoms with Gasteiger partial charge in [0.15, 0.2) is 0 Å².